The number of hydrogen-bond donors (Lipinski definition) is 0. The minimum atomic E-state index is -0.0603. The monoisotopic (exact) mass is 226 g/mol. The summed E-state index contributed by atoms with van der Waals surface area (Å²) in [6, 6.07) is 13.4. The third-order valence-corrected chi connectivity index (χ3v) is 2.30. The van der Waals surface area contributed by atoms with Gasteiger partial charge in [-0.15, -0.1) is 0 Å². The molecule has 1 radical (unpaired) electrons. The zero-order valence-electron chi connectivity index (χ0n) is 8.79. The lowest BCUT2D eigenvalue weighted by Gasteiger charge is -1.98. The zero-order valence-corrected chi connectivity index (χ0v) is 8.79. The highest BCUT2D eigenvalue weighted by atomic mass is 16.6. The largest absolute Gasteiger partial charge is 0.411 e. The van der Waals surface area contributed by atoms with Gasteiger partial charge in [0.1, 0.15) is 11.3 Å². The van der Waals surface area contributed by atoms with Crippen molar-refractivity contribution < 1.29 is 14.3 Å². The first kappa shape index (κ1) is 9.72. The van der Waals surface area contributed by atoms with Crippen molar-refractivity contribution >= 4 is 11.1 Å². The molecule has 0 spiro atoms. The van der Waals surface area contributed by atoms with Gasteiger partial charge in [0.25, 0.3) is 0 Å². The van der Waals surface area contributed by atoms with Gasteiger partial charge in [-0.25, -0.2) is 0 Å². The van der Waals surface area contributed by atoms with E-state index < -0.39 is 0 Å². The summed E-state index contributed by atoms with van der Waals surface area (Å²) in [6.07, 6.45) is 0.171. The van der Waals surface area contributed by atoms with Crippen molar-refractivity contribution in [2.45, 2.75) is 0 Å². The van der Waals surface area contributed by atoms with Crippen molar-refractivity contribution in [3.05, 3.63) is 48.5 Å². The van der Waals surface area contributed by atoms with Crippen molar-refractivity contribution in [3.63, 3.8) is 0 Å². The average molecular weight is 226 g/mol. The van der Waals surface area contributed by atoms with Gasteiger partial charge in [0.05, 0.1) is 0 Å². The van der Waals surface area contributed by atoms with E-state index in [0.29, 0.717) is 11.3 Å². The summed E-state index contributed by atoms with van der Waals surface area (Å²) in [7, 11) is 0. The van der Waals surface area contributed by atoms with Crippen LogP contribution in [0.3, 0.4) is 0 Å². The molecule has 0 aliphatic heterocycles. The Morgan fingerprint density at radius 2 is 1.76 bits per heavy atom. The Balaban J connectivity index is 1.92. The summed E-state index contributed by atoms with van der Waals surface area (Å²) in [4.78, 5) is 4.16. The number of nitrogens with zero attached hydrogens (tertiary/aromatic N) is 1. The van der Waals surface area contributed by atoms with Gasteiger partial charge >= 0.3 is 6.08 Å². The van der Waals surface area contributed by atoms with E-state index in [0.717, 1.165) is 5.52 Å². The van der Waals surface area contributed by atoms with Crippen LogP contribution in [0.15, 0.2) is 52.9 Å². The summed E-state index contributed by atoms with van der Waals surface area (Å²) >= 11 is 0. The van der Waals surface area contributed by atoms with Crippen LogP contribution in [0, 0.1) is 0 Å². The standard InChI is InChI=1S/C13H8NO3/c15-9-5-7-10(8-6-9)16-13-14-11-3-1-2-4-12(11)17-13/h1-8H. The Hall–Kier alpha value is -2.49. The van der Waals surface area contributed by atoms with Crippen LogP contribution in [-0.4, -0.2) is 4.98 Å². The third-order valence-electron chi connectivity index (χ3n) is 2.30. The molecule has 0 atom stereocenters. The first-order valence-corrected chi connectivity index (χ1v) is 5.12. The van der Waals surface area contributed by atoms with Gasteiger partial charge < -0.3 is 9.15 Å². The maximum Gasteiger partial charge on any atom is 0.400 e. The van der Waals surface area contributed by atoms with Crippen LogP contribution in [-0.2, 0) is 5.11 Å². The Bertz CT molecular complexity index is 610. The Kier molecular flexibility index (Phi) is 2.19. The number of oxazole rings is 1. The van der Waals surface area contributed by atoms with E-state index in [9.17, 15) is 5.11 Å². The smallest absolute Gasteiger partial charge is 0.400 e. The van der Waals surface area contributed by atoms with Gasteiger partial charge in [0.2, 0.25) is 0 Å². The van der Waals surface area contributed by atoms with E-state index in [1.54, 1.807) is 12.1 Å². The Labute approximate surface area is 97.1 Å². The fourth-order valence-corrected chi connectivity index (χ4v) is 1.50. The predicted octanol–water partition coefficient (Wildman–Crippen LogP) is 3.76. The van der Waals surface area contributed by atoms with E-state index in [-0.39, 0.29) is 11.8 Å². The predicted molar refractivity (Wildman–Crippen MR) is 60.7 cm³/mol. The lowest BCUT2D eigenvalue weighted by atomic mass is 10.3. The summed E-state index contributed by atoms with van der Waals surface area (Å²) in [5.41, 5.74) is 1.41. The second-order valence-corrected chi connectivity index (χ2v) is 3.52. The molecular formula is C13H8NO3. The number of aromatic nitrogens is 1. The molecule has 4 nitrogen and oxygen atoms in total. The first-order chi connectivity index (χ1) is 8.31. The molecule has 1 heterocycles. The number of benzene rings is 2. The van der Waals surface area contributed by atoms with Crippen molar-refractivity contribution in [2.75, 3.05) is 0 Å². The number of para-hydroxylation sites is 2. The van der Waals surface area contributed by atoms with Crippen LogP contribution < -0.4 is 4.74 Å². The molecule has 4 heteroatoms. The summed E-state index contributed by atoms with van der Waals surface area (Å²) in [5, 5.41) is 10.9. The van der Waals surface area contributed by atoms with Crippen molar-refractivity contribution in [2.24, 2.45) is 0 Å². The highest BCUT2D eigenvalue weighted by molar-refractivity contribution is 5.72. The highest BCUT2D eigenvalue weighted by Crippen LogP contribution is 2.26. The van der Waals surface area contributed by atoms with E-state index >= 15 is 0 Å². The van der Waals surface area contributed by atoms with Gasteiger partial charge in [0.15, 0.2) is 11.3 Å². The van der Waals surface area contributed by atoms with E-state index in [4.69, 9.17) is 9.15 Å². The molecule has 1 aromatic heterocycles. The lowest BCUT2D eigenvalue weighted by Crippen LogP contribution is -1.82. The molecule has 0 saturated carbocycles. The maximum absolute atomic E-state index is 10.9. The molecule has 0 bridgehead atoms. The SMILES string of the molecule is [O]c1ccc(Oc2nc3ccccc3o2)cc1. The molecule has 3 rings (SSSR count). The van der Waals surface area contributed by atoms with Crippen LogP contribution >= 0.6 is 0 Å². The molecular weight excluding hydrogens is 218 g/mol. The van der Waals surface area contributed by atoms with E-state index in [1.165, 1.54) is 12.1 Å². The third kappa shape index (κ3) is 1.92. The molecule has 17 heavy (non-hydrogen) atoms. The number of ether oxygens (including phenoxy) is 1. The van der Waals surface area contributed by atoms with Gasteiger partial charge in [0, 0.05) is 0 Å². The molecule has 0 amide bonds. The van der Waals surface area contributed by atoms with Crippen LogP contribution in [0.5, 0.6) is 17.6 Å². The second kappa shape index (κ2) is 3.83. The second-order valence-electron chi connectivity index (χ2n) is 3.52. The molecule has 3 aromatic rings. The number of fused-ring (bicyclic) bond motifs is 1. The fourth-order valence-electron chi connectivity index (χ4n) is 1.50. The van der Waals surface area contributed by atoms with Crippen molar-refractivity contribution in [3.8, 4) is 17.6 Å². The minimum absolute atomic E-state index is 0.0603. The highest BCUT2D eigenvalue weighted by Gasteiger charge is 2.06. The van der Waals surface area contributed by atoms with Gasteiger partial charge in [-0.3, -0.25) is 5.11 Å². The van der Waals surface area contributed by atoms with Crippen molar-refractivity contribution in [1.29, 1.82) is 0 Å². The molecule has 0 saturated heterocycles. The summed E-state index contributed by atoms with van der Waals surface area (Å²) < 4.78 is 10.8. The minimum Gasteiger partial charge on any atom is -0.411 e. The van der Waals surface area contributed by atoms with Gasteiger partial charge in [-0.1, -0.05) is 12.1 Å². The van der Waals surface area contributed by atoms with Gasteiger partial charge in [-0.2, -0.15) is 4.98 Å². The van der Waals surface area contributed by atoms with Crippen LogP contribution in [0.25, 0.3) is 11.1 Å². The van der Waals surface area contributed by atoms with Gasteiger partial charge in [-0.05, 0) is 36.4 Å². The zero-order chi connectivity index (χ0) is 11.7. The summed E-state index contributed by atoms with van der Waals surface area (Å²) in [5.74, 6) is 0.464. The molecule has 0 fully saturated rings. The lowest BCUT2D eigenvalue weighted by molar-refractivity contribution is 0.337. The van der Waals surface area contributed by atoms with Crippen molar-refractivity contribution in [1.82, 2.24) is 4.98 Å². The molecule has 83 valence electrons. The topological polar surface area (TPSA) is 55.2 Å². The van der Waals surface area contributed by atoms with E-state index in [2.05, 4.69) is 4.98 Å². The molecule has 2 aromatic carbocycles. The first-order valence-electron chi connectivity index (χ1n) is 5.12. The van der Waals surface area contributed by atoms with Crippen LogP contribution in [0.4, 0.5) is 0 Å². The summed E-state index contributed by atoms with van der Waals surface area (Å²) in [6.45, 7) is 0. The fraction of sp³-hybridized carbons (Fsp3) is 0. The number of rotatable bonds is 2. The number of hydrogen-bond acceptors (Lipinski definition) is 3. The normalized spacial score (nSPS) is 10.6. The average Bonchev–Trinajstić information content (AvgIpc) is 2.74. The van der Waals surface area contributed by atoms with Crippen LogP contribution in [0.1, 0.15) is 0 Å². The maximum atomic E-state index is 10.9. The van der Waals surface area contributed by atoms with E-state index in [1.807, 2.05) is 24.3 Å². The Morgan fingerprint density at radius 3 is 2.53 bits per heavy atom. The molecule has 0 aliphatic carbocycles. The van der Waals surface area contributed by atoms with Crippen LogP contribution in [0.2, 0.25) is 0 Å². The molecule has 0 aliphatic rings. The molecule has 0 N–H and O–H groups in total. The Morgan fingerprint density at radius 1 is 1.00 bits per heavy atom. The molecule has 0 unspecified atom stereocenters. The quantitative estimate of drug-likeness (QED) is 0.668.